The lowest BCUT2D eigenvalue weighted by molar-refractivity contribution is 0.604. The molecule has 1 heterocycles. The van der Waals surface area contributed by atoms with Gasteiger partial charge in [-0.05, 0) is 72.9 Å². The van der Waals surface area contributed by atoms with Crippen molar-refractivity contribution in [2.45, 2.75) is 19.9 Å². The number of halogens is 3. The summed E-state index contributed by atoms with van der Waals surface area (Å²) >= 11 is 10.1. The van der Waals surface area contributed by atoms with Gasteiger partial charge in [-0.3, -0.25) is 0 Å². The molecule has 0 aliphatic rings. The molecular formula is C10H8Br3N3O. The van der Waals surface area contributed by atoms with E-state index < -0.39 is 0 Å². The highest BCUT2D eigenvalue weighted by molar-refractivity contribution is 9.13. The van der Waals surface area contributed by atoms with Gasteiger partial charge in [0.25, 0.3) is 0 Å². The molecule has 1 aromatic carbocycles. The molecule has 0 N–H and O–H groups in total. The van der Waals surface area contributed by atoms with Gasteiger partial charge in [-0.1, -0.05) is 0 Å². The van der Waals surface area contributed by atoms with Crippen molar-refractivity contribution in [2.75, 3.05) is 0 Å². The number of imidazole rings is 1. The van der Waals surface area contributed by atoms with Crippen LogP contribution in [0.25, 0.3) is 11.0 Å². The Morgan fingerprint density at radius 1 is 1.35 bits per heavy atom. The third-order valence-electron chi connectivity index (χ3n) is 2.42. The van der Waals surface area contributed by atoms with Gasteiger partial charge >= 0.3 is 0 Å². The molecule has 0 atom stereocenters. The Kier molecular flexibility index (Phi) is 3.70. The highest BCUT2D eigenvalue weighted by Crippen LogP contribution is 2.40. The van der Waals surface area contributed by atoms with Crippen molar-refractivity contribution in [1.82, 2.24) is 9.55 Å². The molecule has 0 aliphatic heterocycles. The third-order valence-corrected chi connectivity index (χ3v) is 4.94. The first-order chi connectivity index (χ1) is 7.97. The van der Waals surface area contributed by atoms with Crippen LogP contribution in [-0.4, -0.2) is 9.55 Å². The van der Waals surface area contributed by atoms with E-state index in [0.717, 1.165) is 9.99 Å². The summed E-state index contributed by atoms with van der Waals surface area (Å²) in [6, 6.07) is 2.16. The van der Waals surface area contributed by atoms with Gasteiger partial charge in [0.1, 0.15) is 5.52 Å². The van der Waals surface area contributed by atoms with Crippen LogP contribution in [0.1, 0.15) is 19.9 Å². The van der Waals surface area contributed by atoms with Crippen molar-refractivity contribution in [1.29, 1.82) is 0 Å². The lowest BCUT2D eigenvalue weighted by Gasteiger charge is -2.10. The minimum absolute atomic E-state index is 0.238. The van der Waals surface area contributed by atoms with E-state index in [0.29, 0.717) is 20.4 Å². The van der Waals surface area contributed by atoms with E-state index in [-0.39, 0.29) is 6.04 Å². The summed E-state index contributed by atoms with van der Waals surface area (Å²) in [5.41, 5.74) is 1.78. The summed E-state index contributed by atoms with van der Waals surface area (Å²) in [6.45, 7) is 4.10. The molecule has 0 unspecified atom stereocenters. The van der Waals surface area contributed by atoms with E-state index in [9.17, 15) is 4.91 Å². The molecule has 0 saturated carbocycles. The number of benzene rings is 1. The van der Waals surface area contributed by atoms with Crippen LogP contribution in [0.2, 0.25) is 0 Å². The van der Waals surface area contributed by atoms with Crippen molar-refractivity contribution in [3.05, 3.63) is 24.7 Å². The van der Waals surface area contributed by atoms with Crippen LogP contribution in [0.3, 0.4) is 0 Å². The van der Waals surface area contributed by atoms with E-state index in [1.54, 1.807) is 0 Å². The molecule has 1 aromatic heterocycles. The molecule has 0 bridgehead atoms. The number of hydrogen-bond donors (Lipinski definition) is 0. The summed E-state index contributed by atoms with van der Waals surface area (Å²) < 4.78 is 4.11. The topological polar surface area (TPSA) is 47.2 Å². The first-order valence-electron chi connectivity index (χ1n) is 4.86. The molecule has 2 aromatic rings. The third kappa shape index (κ3) is 2.08. The average Bonchev–Trinajstić information content (AvgIpc) is 2.56. The second-order valence-electron chi connectivity index (χ2n) is 3.82. The average molecular weight is 426 g/mol. The molecule has 0 spiro atoms. The van der Waals surface area contributed by atoms with E-state index in [1.165, 1.54) is 0 Å². The van der Waals surface area contributed by atoms with Gasteiger partial charge in [0, 0.05) is 10.5 Å². The summed E-state index contributed by atoms with van der Waals surface area (Å²) in [5, 5.41) is 3.05. The first kappa shape index (κ1) is 13.2. The largest absolute Gasteiger partial charge is 0.316 e. The SMILES string of the molecule is CC(C)n1c(Br)nc2c(N=O)c(Br)c(Br)cc21. The number of aromatic nitrogens is 2. The molecule has 4 nitrogen and oxygen atoms in total. The van der Waals surface area contributed by atoms with Crippen LogP contribution in [0.4, 0.5) is 5.69 Å². The highest BCUT2D eigenvalue weighted by Gasteiger charge is 2.19. The molecule has 2 rings (SSSR count). The second kappa shape index (κ2) is 4.78. The molecule has 0 amide bonds. The van der Waals surface area contributed by atoms with Crippen LogP contribution in [0, 0.1) is 4.91 Å². The Balaban J connectivity index is 2.95. The van der Waals surface area contributed by atoms with Crippen LogP contribution < -0.4 is 0 Å². The fourth-order valence-corrected chi connectivity index (χ4v) is 3.26. The van der Waals surface area contributed by atoms with Gasteiger partial charge in [0.15, 0.2) is 10.4 Å². The fourth-order valence-electron chi connectivity index (χ4n) is 1.70. The van der Waals surface area contributed by atoms with Gasteiger partial charge < -0.3 is 4.57 Å². The number of fused-ring (bicyclic) bond motifs is 1. The van der Waals surface area contributed by atoms with E-state index in [4.69, 9.17) is 0 Å². The Bertz CT molecular complexity index is 607. The van der Waals surface area contributed by atoms with E-state index in [2.05, 4.69) is 71.8 Å². The van der Waals surface area contributed by atoms with Crippen molar-refractivity contribution >= 4 is 64.5 Å². The number of nitroso groups, excluding NO2 is 1. The molecule has 0 saturated heterocycles. The number of nitrogens with zero attached hydrogens (tertiary/aromatic N) is 3. The maximum absolute atomic E-state index is 10.9. The lowest BCUT2D eigenvalue weighted by Crippen LogP contribution is -2.00. The minimum Gasteiger partial charge on any atom is -0.316 e. The van der Waals surface area contributed by atoms with Gasteiger partial charge in [-0.25, -0.2) is 4.98 Å². The van der Waals surface area contributed by atoms with E-state index >= 15 is 0 Å². The van der Waals surface area contributed by atoms with Crippen molar-refractivity contribution in [3.8, 4) is 0 Å². The maximum atomic E-state index is 10.9. The predicted molar refractivity (Wildman–Crippen MR) is 78.7 cm³/mol. The second-order valence-corrected chi connectivity index (χ2v) is 6.18. The predicted octanol–water partition coefficient (Wildman–Crippen LogP) is 5.30. The molecule has 0 radical (unpaired) electrons. The smallest absolute Gasteiger partial charge is 0.178 e. The molecule has 0 fully saturated rings. The number of rotatable bonds is 2. The summed E-state index contributed by atoms with van der Waals surface area (Å²) in [6.07, 6.45) is 0. The Hall–Kier alpha value is -0.270. The Morgan fingerprint density at radius 3 is 2.53 bits per heavy atom. The normalized spacial score (nSPS) is 11.4. The fraction of sp³-hybridized carbons (Fsp3) is 0.300. The Morgan fingerprint density at radius 2 is 2.00 bits per heavy atom. The van der Waals surface area contributed by atoms with Gasteiger partial charge in [-0.15, -0.1) is 4.91 Å². The zero-order valence-corrected chi connectivity index (χ0v) is 13.8. The van der Waals surface area contributed by atoms with Gasteiger partial charge in [0.2, 0.25) is 0 Å². The minimum atomic E-state index is 0.238. The molecular weight excluding hydrogens is 418 g/mol. The van der Waals surface area contributed by atoms with Crippen LogP contribution in [0.5, 0.6) is 0 Å². The van der Waals surface area contributed by atoms with Crippen molar-refractivity contribution in [2.24, 2.45) is 5.18 Å². The summed E-state index contributed by atoms with van der Waals surface area (Å²) in [4.78, 5) is 15.3. The number of hydrogen-bond acceptors (Lipinski definition) is 3. The van der Waals surface area contributed by atoms with Crippen LogP contribution in [-0.2, 0) is 0 Å². The van der Waals surface area contributed by atoms with Crippen molar-refractivity contribution in [3.63, 3.8) is 0 Å². The van der Waals surface area contributed by atoms with Gasteiger partial charge in [0.05, 0.1) is 9.99 Å². The van der Waals surface area contributed by atoms with Crippen LogP contribution >= 0.6 is 47.8 Å². The van der Waals surface area contributed by atoms with Gasteiger partial charge in [-0.2, -0.15) is 0 Å². The van der Waals surface area contributed by atoms with Crippen LogP contribution in [0.15, 0.2) is 24.9 Å². The Labute approximate surface area is 123 Å². The molecule has 17 heavy (non-hydrogen) atoms. The highest BCUT2D eigenvalue weighted by atomic mass is 79.9. The zero-order valence-electron chi connectivity index (χ0n) is 9.04. The molecule has 90 valence electrons. The molecule has 7 heteroatoms. The monoisotopic (exact) mass is 423 g/mol. The lowest BCUT2D eigenvalue weighted by atomic mass is 10.2. The van der Waals surface area contributed by atoms with E-state index in [1.807, 2.05) is 10.6 Å². The quantitative estimate of drug-likeness (QED) is 0.613. The molecule has 0 aliphatic carbocycles. The summed E-state index contributed by atoms with van der Waals surface area (Å²) in [7, 11) is 0. The maximum Gasteiger partial charge on any atom is 0.178 e. The van der Waals surface area contributed by atoms with Crippen molar-refractivity contribution < 1.29 is 0 Å². The first-order valence-corrected chi connectivity index (χ1v) is 7.24. The standard InChI is InChI=1S/C10H8Br3N3O/c1-4(2)16-6-3-5(11)7(12)9(15-17)8(6)14-10(16)13/h3-4H,1-2H3. The zero-order chi connectivity index (χ0) is 12.7. The summed E-state index contributed by atoms with van der Waals surface area (Å²) in [5.74, 6) is 0.